The van der Waals surface area contributed by atoms with E-state index in [1.807, 2.05) is 30.6 Å². The van der Waals surface area contributed by atoms with Crippen LogP contribution in [-0.4, -0.2) is 38.7 Å². The molecule has 7 heteroatoms. The molecule has 0 saturated heterocycles. The fraction of sp³-hybridized carbons (Fsp3) is 0.133. The van der Waals surface area contributed by atoms with Crippen molar-refractivity contribution >= 4 is 27.6 Å². The number of hydrogen-bond acceptors (Lipinski definition) is 6. The van der Waals surface area contributed by atoms with Gasteiger partial charge in [0.25, 0.3) is 0 Å². The smallest absolute Gasteiger partial charge is 0.212 e. The average Bonchev–Trinajstić information content (AvgIpc) is 3.33. The normalized spacial score (nSPS) is 12.1. The van der Waals surface area contributed by atoms with Crippen molar-refractivity contribution in [3.8, 4) is 17.0 Å². The lowest BCUT2D eigenvalue weighted by molar-refractivity contribution is 0.397. The number of anilines is 1. The number of hydrogen-bond donors (Lipinski definition) is 0. The van der Waals surface area contributed by atoms with E-state index < -0.39 is 0 Å². The summed E-state index contributed by atoms with van der Waals surface area (Å²) in [6.45, 7) is 0. The minimum absolute atomic E-state index is 0.121. The maximum Gasteiger partial charge on any atom is 0.212 e. The molecule has 1 unspecified atom stereocenters. The predicted octanol–water partition coefficient (Wildman–Crippen LogP) is 5.81. The van der Waals surface area contributed by atoms with Crippen LogP contribution in [0.3, 0.4) is 0 Å². The van der Waals surface area contributed by atoms with Gasteiger partial charge in [-0.1, -0.05) is 18.2 Å². The average molecular weight is 487 g/mol. The van der Waals surface area contributed by atoms with Gasteiger partial charge in [-0.25, -0.2) is 4.98 Å². The summed E-state index contributed by atoms with van der Waals surface area (Å²) in [5, 5.41) is 1.21. The lowest BCUT2D eigenvalue weighted by Crippen LogP contribution is -2.25. The largest absolute Gasteiger partial charge is 0.481 e. The fourth-order valence-electron chi connectivity index (χ4n) is 4.91. The molecule has 0 aliphatic carbocycles. The van der Waals surface area contributed by atoms with Crippen LogP contribution in [0.25, 0.3) is 33.1 Å². The Hall–Kier alpha value is -4.78. The van der Waals surface area contributed by atoms with Crippen LogP contribution in [-0.2, 0) is 7.05 Å². The number of benzene rings is 2. The third-order valence-corrected chi connectivity index (χ3v) is 6.84. The van der Waals surface area contributed by atoms with Crippen molar-refractivity contribution in [2.75, 3.05) is 19.1 Å². The highest BCUT2D eigenvalue weighted by Gasteiger charge is 2.22. The summed E-state index contributed by atoms with van der Waals surface area (Å²) < 4.78 is 7.43. The second-order valence-electron chi connectivity index (χ2n) is 9.05. The van der Waals surface area contributed by atoms with Gasteiger partial charge in [0, 0.05) is 74.1 Å². The Morgan fingerprint density at radius 1 is 0.865 bits per heavy atom. The summed E-state index contributed by atoms with van der Waals surface area (Å²) in [6.07, 6.45) is 11.1. The number of ether oxygens (including phenoxy) is 1. The summed E-state index contributed by atoms with van der Waals surface area (Å²) in [6, 6.07) is 20.8. The summed E-state index contributed by atoms with van der Waals surface area (Å²) in [4.78, 5) is 20.5. The van der Waals surface area contributed by atoms with E-state index in [9.17, 15) is 0 Å². The first-order chi connectivity index (χ1) is 18.1. The number of aromatic nitrogens is 5. The van der Waals surface area contributed by atoms with Crippen LogP contribution in [0.5, 0.6) is 5.88 Å². The molecule has 0 amide bonds. The van der Waals surface area contributed by atoms with E-state index >= 15 is 0 Å². The number of fused-ring (bicyclic) bond motifs is 2. The summed E-state index contributed by atoms with van der Waals surface area (Å²) >= 11 is 0. The van der Waals surface area contributed by atoms with E-state index in [4.69, 9.17) is 9.72 Å². The van der Waals surface area contributed by atoms with Crippen molar-refractivity contribution in [2.24, 2.45) is 7.05 Å². The SMILES string of the molecule is COc1ccc(C(c2cccnc2)N(C)c2cc(-c3ccc4ccn(C)c4c3)c3nccnc3c2)cn1. The predicted molar refractivity (Wildman–Crippen MR) is 147 cm³/mol. The van der Waals surface area contributed by atoms with Crippen molar-refractivity contribution in [1.29, 1.82) is 0 Å². The highest BCUT2D eigenvalue weighted by atomic mass is 16.5. The molecule has 7 nitrogen and oxygen atoms in total. The third kappa shape index (κ3) is 4.14. The Bertz CT molecular complexity index is 1700. The van der Waals surface area contributed by atoms with Crippen LogP contribution in [0, 0.1) is 0 Å². The monoisotopic (exact) mass is 486 g/mol. The number of rotatable bonds is 6. The molecule has 0 aliphatic heterocycles. The molecule has 0 aliphatic rings. The van der Waals surface area contributed by atoms with Gasteiger partial charge in [-0.3, -0.25) is 15.0 Å². The van der Waals surface area contributed by atoms with Gasteiger partial charge < -0.3 is 14.2 Å². The zero-order valence-corrected chi connectivity index (χ0v) is 20.9. The van der Waals surface area contributed by atoms with E-state index in [0.717, 1.165) is 39.0 Å². The maximum atomic E-state index is 5.29. The Balaban J connectivity index is 1.52. The van der Waals surface area contributed by atoms with Crippen molar-refractivity contribution in [3.05, 3.63) is 109 Å². The minimum atomic E-state index is -0.121. The highest BCUT2D eigenvalue weighted by molar-refractivity contribution is 5.97. The van der Waals surface area contributed by atoms with Crippen molar-refractivity contribution in [2.45, 2.75) is 6.04 Å². The van der Waals surface area contributed by atoms with Gasteiger partial charge >= 0.3 is 0 Å². The van der Waals surface area contributed by atoms with Gasteiger partial charge in [0.1, 0.15) is 0 Å². The molecular formula is C30H26N6O. The van der Waals surface area contributed by atoms with Gasteiger partial charge in [-0.15, -0.1) is 0 Å². The number of aryl methyl sites for hydroxylation is 1. The van der Waals surface area contributed by atoms with Crippen molar-refractivity contribution in [3.63, 3.8) is 0 Å². The van der Waals surface area contributed by atoms with Gasteiger partial charge in [0.2, 0.25) is 5.88 Å². The van der Waals surface area contributed by atoms with Gasteiger partial charge in [-0.2, -0.15) is 0 Å². The molecule has 6 aromatic rings. The van der Waals surface area contributed by atoms with Crippen LogP contribution in [0.4, 0.5) is 5.69 Å². The quantitative estimate of drug-likeness (QED) is 0.296. The first-order valence-corrected chi connectivity index (χ1v) is 12.1. The molecule has 0 N–H and O–H groups in total. The molecule has 0 radical (unpaired) electrons. The van der Waals surface area contributed by atoms with Crippen LogP contribution in [0.15, 0.2) is 97.8 Å². The van der Waals surface area contributed by atoms with Crippen LogP contribution in [0.1, 0.15) is 17.2 Å². The number of nitrogens with zero attached hydrogens (tertiary/aromatic N) is 6. The Kier molecular flexibility index (Phi) is 5.73. The molecule has 0 fully saturated rings. The third-order valence-electron chi connectivity index (χ3n) is 6.84. The zero-order valence-electron chi connectivity index (χ0n) is 20.9. The van der Waals surface area contributed by atoms with Crippen LogP contribution < -0.4 is 9.64 Å². The molecule has 1 atom stereocenters. The summed E-state index contributed by atoms with van der Waals surface area (Å²) in [5.41, 5.74) is 8.12. The molecule has 0 saturated carbocycles. The second kappa shape index (κ2) is 9.35. The fourth-order valence-corrected chi connectivity index (χ4v) is 4.91. The topological polar surface area (TPSA) is 69.0 Å². The van der Waals surface area contributed by atoms with Crippen LogP contribution >= 0.6 is 0 Å². The summed E-state index contributed by atoms with van der Waals surface area (Å²) in [5.74, 6) is 0.579. The standard InChI is InChI=1S/C30H26N6O/c1-35-14-10-20-6-7-21(15-27(20)35)25-16-24(17-26-29(25)33-13-12-32-26)36(2)30(22-5-4-11-31-18-22)23-8-9-28(37-3)34-19-23/h4-19,30H,1-3H3. The maximum absolute atomic E-state index is 5.29. The minimum Gasteiger partial charge on any atom is -0.481 e. The Labute approximate surface area is 215 Å². The second-order valence-corrected chi connectivity index (χ2v) is 9.05. The molecule has 0 spiro atoms. The first kappa shape index (κ1) is 22.7. The summed E-state index contributed by atoms with van der Waals surface area (Å²) in [7, 11) is 5.77. The molecule has 4 heterocycles. The van der Waals surface area contributed by atoms with E-state index in [1.54, 1.807) is 25.7 Å². The van der Waals surface area contributed by atoms with E-state index in [2.05, 4.69) is 87.2 Å². The molecular weight excluding hydrogens is 460 g/mol. The lowest BCUT2D eigenvalue weighted by atomic mass is 9.97. The molecule has 182 valence electrons. The molecule has 37 heavy (non-hydrogen) atoms. The number of pyridine rings is 2. The molecule has 6 rings (SSSR count). The molecule has 4 aromatic heterocycles. The van der Waals surface area contributed by atoms with Gasteiger partial charge in [-0.05, 0) is 58.5 Å². The van der Waals surface area contributed by atoms with Gasteiger partial charge in [0.05, 0.1) is 24.2 Å². The zero-order chi connectivity index (χ0) is 25.4. The molecule has 0 bridgehead atoms. The Morgan fingerprint density at radius 3 is 2.51 bits per heavy atom. The van der Waals surface area contributed by atoms with Crippen molar-refractivity contribution in [1.82, 2.24) is 24.5 Å². The van der Waals surface area contributed by atoms with Crippen LogP contribution in [0.2, 0.25) is 0 Å². The van der Waals surface area contributed by atoms with Gasteiger partial charge in [0.15, 0.2) is 0 Å². The van der Waals surface area contributed by atoms with Crippen molar-refractivity contribution < 1.29 is 4.74 Å². The number of methoxy groups -OCH3 is 1. The Morgan fingerprint density at radius 2 is 1.73 bits per heavy atom. The lowest BCUT2D eigenvalue weighted by Gasteiger charge is -2.31. The highest BCUT2D eigenvalue weighted by Crippen LogP contribution is 2.37. The van der Waals surface area contributed by atoms with E-state index in [-0.39, 0.29) is 6.04 Å². The molecule has 2 aromatic carbocycles. The van der Waals surface area contributed by atoms with E-state index in [0.29, 0.717) is 5.88 Å². The van der Waals surface area contributed by atoms with E-state index in [1.165, 1.54) is 10.9 Å². The first-order valence-electron chi connectivity index (χ1n) is 12.1.